The summed E-state index contributed by atoms with van der Waals surface area (Å²) in [5.74, 6) is 1.65. The molecule has 0 radical (unpaired) electrons. The van der Waals surface area contributed by atoms with Crippen molar-refractivity contribution in [3.05, 3.63) is 35.5 Å². The molecule has 1 aliphatic heterocycles. The molecule has 0 unspecified atom stereocenters. The molecule has 140 valence electrons. The van der Waals surface area contributed by atoms with Gasteiger partial charge >= 0.3 is 0 Å². The Kier molecular flexibility index (Phi) is 6.50. The van der Waals surface area contributed by atoms with Gasteiger partial charge in [-0.05, 0) is 31.0 Å². The fourth-order valence-electron chi connectivity index (χ4n) is 3.29. The van der Waals surface area contributed by atoms with Crippen molar-refractivity contribution < 1.29 is 0 Å². The Hall–Kier alpha value is -2.08. The summed E-state index contributed by atoms with van der Waals surface area (Å²) >= 11 is 6.12. The molecule has 0 saturated carbocycles. The molecule has 1 aromatic carbocycles. The van der Waals surface area contributed by atoms with Crippen LogP contribution in [0.4, 0.5) is 17.5 Å². The van der Waals surface area contributed by atoms with Gasteiger partial charge in [0.05, 0.1) is 6.20 Å². The third-order valence-corrected chi connectivity index (χ3v) is 4.82. The van der Waals surface area contributed by atoms with Crippen LogP contribution in [0.2, 0.25) is 5.02 Å². The predicted octanol–water partition coefficient (Wildman–Crippen LogP) is 3.48. The lowest BCUT2D eigenvalue weighted by molar-refractivity contribution is 0.640. The van der Waals surface area contributed by atoms with Crippen molar-refractivity contribution in [2.45, 2.75) is 26.7 Å². The van der Waals surface area contributed by atoms with Crippen LogP contribution in [0.15, 0.2) is 30.5 Å². The van der Waals surface area contributed by atoms with Crippen molar-refractivity contribution in [1.29, 1.82) is 0 Å². The summed E-state index contributed by atoms with van der Waals surface area (Å²) in [6.07, 6.45) is 3.92. The zero-order valence-electron chi connectivity index (χ0n) is 15.6. The van der Waals surface area contributed by atoms with E-state index in [4.69, 9.17) is 16.6 Å². The van der Waals surface area contributed by atoms with Crippen molar-refractivity contribution in [2.75, 3.05) is 54.0 Å². The molecule has 26 heavy (non-hydrogen) atoms. The Morgan fingerprint density at radius 1 is 1.04 bits per heavy atom. The first-order chi connectivity index (χ1) is 12.7. The van der Waals surface area contributed by atoms with Crippen LogP contribution >= 0.6 is 11.6 Å². The summed E-state index contributed by atoms with van der Waals surface area (Å²) in [7, 11) is 0. The Morgan fingerprint density at radius 2 is 1.73 bits per heavy atom. The maximum atomic E-state index is 6.12. The van der Waals surface area contributed by atoms with E-state index in [9.17, 15) is 0 Å². The van der Waals surface area contributed by atoms with Gasteiger partial charge in [0.25, 0.3) is 0 Å². The molecule has 2 aromatic rings. The molecule has 6 nitrogen and oxygen atoms in total. The normalized spacial score (nSPS) is 14.6. The van der Waals surface area contributed by atoms with E-state index in [1.54, 1.807) is 6.20 Å². The van der Waals surface area contributed by atoms with Crippen molar-refractivity contribution in [3.63, 3.8) is 0 Å². The van der Waals surface area contributed by atoms with Crippen molar-refractivity contribution in [3.8, 4) is 0 Å². The molecule has 0 aliphatic carbocycles. The molecule has 7 heteroatoms. The summed E-state index contributed by atoms with van der Waals surface area (Å²) in [6, 6.07) is 8.04. The van der Waals surface area contributed by atoms with Gasteiger partial charge in [-0.25, -0.2) is 0 Å². The largest absolute Gasteiger partial charge is 0.368 e. The van der Waals surface area contributed by atoms with E-state index < -0.39 is 0 Å². The maximum absolute atomic E-state index is 6.12. The van der Waals surface area contributed by atoms with Gasteiger partial charge in [0.15, 0.2) is 5.82 Å². The first kappa shape index (κ1) is 18.7. The minimum atomic E-state index is 0.739. The smallest absolute Gasteiger partial charge is 0.247 e. The average Bonchev–Trinajstić information content (AvgIpc) is 2.68. The van der Waals surface area contributed by atoms with E-state index in [2.05, 4.69) is 44.8 Å². The molecule has 1 aliphatic rings. The SMILES string of the molecule is CCCN(CCC)c1nncc(N2CCN(c3cccc(Cl)c3)CC2)n1. The molecule has 0 atom stereocenters. The third-order valence-electron chi connectivity index (χ3n) is 4.58. The summed E-state index contributed by atoms with van der Waals surface area (Å²) in [6.45, 7) is 9.96. The van der Waals surface area contributed by atoms with Gasteiger partial charge in [0.1, 0.15) is 0 Å². The number of anilines is 3. The predicted molar refractivity (Wildman–Crippen MR) is 109 cm³/mol. The summed E-state index contributed by atoms with van der Waals surface area (Å²) in [5.41, 5.74) is 1.18. The number of piperazine rings is 1. The van der Waals surface area contributed by atoms with Gasteiger partial charge in [0, 0.05) is 50.0 Å². The van der Waals surface area contributed by atoms with Gasteiger partial charge in [-0.2, -0.15) is 10.1 Å². The number of rotatable bonds is 7. The van der Waals surface area contributed by atoms with Crippen LogP contribution in [0, 0.1) is 0 Å². The second-order valence-electron chi connectivity index (χ2n) is 6.56. The number of nitrogens with zero attached hydrogens (tertiary/aromatic N) is 6. The molecule has 0 bridgehead atoms. The number of hydrogen-bond donors (Lipinski definition) is 0. The van der Waals surface area contributed by atoms with Gasteiger partial charge < -0.3 is 14.7 Å². The highest BCUT2D eigenvalue weighted by atomic mass is 35.5. The second kappa shape index (κ2) is 9.03. The highest BCUT2D eigenvalue weighted by molar-refractivity contribution is 6.30. The van der Waals surface area contributed by atoms with Gasteiger partial charge in [0.2, 0.25) is 5.95 Å². The average molecular weight is 375 g/mol. The quantitative estimate of drug-likeness (QED) is 0.739. The lowest BCUT2D eigenvalue weighted by Gasteiger charge is -2.36. The minimum Gasteiger partial charge on any atom is -0.368 e. The Bertz CT molecular complexity index is 696. The molecule has 0 N–H and O–H groups in total. The monoisotopic (exact) mass is 374 g/mol. The fourth-order valence-corrected chi connectivity index (χ4v) is 3.47. The van der Waals surface area contributed by atoms with Crippen LogP contribution in [-0.4, -0.2) is 54.4 Å². The highest BCUT2D eigenvalue weighted by Gasteiger charge is 2.20. The molecule has 1 fully saturated rings. The van der Waals surface area contributed by atoms with Crippen LogP contribution < -0.4 is 14.7 Å². The van der Waals surface area contributed by atoms with Crippen LogP contribution in [0.25, 0.3) is 0 Å². The van der Waals surface area contributed by atoms with E-state index in [0.29, 0.717) is 0 Å². The standard InChI is InChI=1S/C19H27ClN6/c1-3-8-26(9-4-2)19-22-18(15-21-23-19)25-12-10-24(11-13-25)17-7-5-6-16(20)14-17/h5-7,14-15H,3-4,8-13H2,1-2H3. The van der Waals surface area contributed by atoms with Crippen LogP contribution in [0.1, 0.15) is 26.7 Å². The zero-order valence-corrected chi connectivity index (χ0v) is 16.4. The summed E-state index contributed by atoms with van der Waals surface area (Å²) < 4.78 is 0. The Labute approximate surface area is 160 Å². The lowest BCUT2D eigenvalue weighted by atomic mass is 10.2. The number of halogens is 1. The molecular formula is C19H27ClN6. The lowest BCUT2D eigenvalue weighted by Crippen LogP contribution is -2.47. The molecule has 3 rings (SSSR count). The van der Waals surface area contributed by atoms with Crippen LogP contribution in [0.5, 0.6) is 0 Å². The molecule has 2 heterocycles. The van der Waals surface area contributed by atoms with E-state index in [0.717, 1.165) is 68.9 Å². The molecule has 0 spiro atoms. The third kappa shape index (κ3) is 4.55. The van der Waals surface area contributed by atoms with Gasteiger partial charge in [-0.1, -0.05) is 31.5 Å². The second-order valence-corrected chi connectivity index (χ2v) is 6.99. The molecule has 0 amide bonds. The highest BCUT2D eigenvalue weighted by Crippen LogP contribution is 2.22. The number of benzene rings is 1. The Balaban J connectivity index is 1.66. The van der Waals surface area contributed by atoms with E-state index in [1.165, 1.54) is 5.69 Å². The zero-order chi connectivity index (χ0) is 18.4. The molecular weight excluding hydrogens is 348 g/mol. The first-order valence-corrected chi connectivity index (χ1v) is 9.79. The minimum absolute atomic E-state index is 0.739. The topological polar surface area (TPSA) is 48.4 Å². The number of hydrogen-bond acceptors (Lipinski definition) is 6. The van der Waals surface area contributed by atoms with Gasteiger partial charge in [-0.3, -0.25) is 0 Å². The summed E-state index contributed by atoms with van der Waals surface area (Å²) in [4.78, 5) is 11.7. The fraction of sp³-hybridized carbons (Fsp3) is 0.526. The Morgan fingerprint density at radius 3 is 2.38 bits per heavy atom. The van der Waals surface area contributed by atoms with E-state index in [-0.39, 0.29) is 0 Å². The first-order valence-electron chi connectivity index (χ1n) is 9.41. The van der Waals surface area contributed by atoms with Crippen LogP contribution in [-0.2, 0) is 0 Å². The number of aromatic nitrogens is 3. The van der Waals surface area contributed by atoms with Gasteiger partial charge in [-0.15, -0.1) is 5.10 Å². The van der Waals surface area contributed by atoms with Crippen LogP contribution in [0.3, 0.4) is 0 Å². The van der Waals surface area contributed by atoms with Crippen molar-refractivity contribution in [2.24, 2.45) is 0 Å². The maximum Gasteiger partial charge on any atom is 0.247 e. The molecule has 1 saturated heterocycles. The molecule has 1 aromatic heterocycles. The van der Waals surface area contributed by atoms with E-state index >= 15 is 0 Å². The van der Waals surface area contributed by atoms with Crippen molar-refractivity contribution >= 4 is 29.1 Å². The summed E-state index contributed by atoms with van der Waals surface area (Å²) in [5, 5.41) is 9.24. The van der Waals surface area contributed by atoms with E-state index in [1.807, 2.05) is 18.2 Å². The van der Waals surface area contributed by atoms with Crippen molar-refractivity contribution in [1.82, 2.24) is 15.2 Å².